The summed E-state index contributed by atoms with van der Waals surface area (Å²) in [5.41, 5.74) is 0.959. The van der Waals surface area contributed by atoms with Crippen LogP contribution >= 0.6 is 0 Å². The van der Waals surface area contributed by atoms with Gasteiger partial charge in [-0.15, -0.1) is 0 Å². The third-order valence-corrected chi connectivity index (χ3v) is 6.29. The molecule has 3 unspecified atom stereocenters. The Morgan fingerprint density at radius 1 is 1.04 bits per heavy atom. The van der Waals surface area contributed by atoms with Gasteiger partial charge in [0.1, 0.15) is 5.75 Å². The number of ether oxygens (including phenoxy) is 3. The van der Waals surface area contributed by atoms with Gasteiger partial charge in [-0.1, -0.05) is 0 Å². The molecule has 1 aromatic rings. The topological polar surface area (TPSA) is 73.9 Å². The molecule has 3 atom stereocenters. The summed E-state index contributed by atoms with van der Waals surface area (Å²) in [7, 11) is -3.52. The van der Waals surface area contributed by atoms with Crippen LogP contribution in [0.3, 0.4) is 0 Å². The molecule has 2 fully saturated rings. The number of hydrogen-bond acceptors (Lipinski definition) is 5. The molecule has 6 nitrogen and oxygen atoms in total. The normalized spacial score (nSPS) is 30.3. The fourth-order valence-electron chi connectivity index (χ4n) is 3.59. The lowest BCUT2D eigenvalue weighted by molar-refractivity contribution is -0.156. The van der Waals surface area contributed by atoms with Crippen molar-refractivity contribution in [2.24, 2.45) is 0 Å². The van der Waals surface area contributed by atoms with Crippen LogP contribution in [0, 0.1) is 0 Å². The Hall–Kier alpha value is -1.15. The van der Waals surface area contributed by atoms with Gasteiger partial charge in [0.25, 0.3) is 0 Å². The van der Waals surface area contributed by atoms with Crippen LogP contribution < -0.4 is 9.46 Å². The van der Waals surface area contributed by atoms with E-state index in [1.165, 1.54) is 0 Å². The van der Waals surface area contributed by atoms with E-state index in [0.29, 0.717) is 31.1 Å². The summed E-state index contributed by atoms with van der Waals surface area (Å²) in [6, 6.07) is 4.97. The molecule has 0 radical (unpaired) electrons. The van der Waals surface area contributed by atoms with Gasteiger partial charge < -0.3 is 14.2 Å². The molecule has 23 heavy (non-hydrogen) atoms. The second-order valence-corrected chi connectivity index (χ2v) is 8.03. The van der Waals surface area contributed by atoms with Crippen LogP contribution in [0.15, 0.2) is 23.1 Å². The lowest BCUT2D eigenvalue weighted by Gasteiger charge is -2.38. The summed E-state index contributed by atoms with van der Waals surface area (Å²) in [5.74, 6) is 0.789. The van der Waals surface area contributed by atoms with Crippen molar-refractivity contribution in [1.29, 1.82) is 0 Å². The van der Waals surface area contributed by atoms with Crippen molar-refractivity contribution in [1.82, 2.24) is 4.72 Å². The van der Waals surface area contributed by atoms with Gasteiger partial charge in [0.05, 0.1) is 36.9 Å². The average molecular weight is 339 g/mol. The first-order valence-corrected chi connectivity index (χ1v) is 9.61. The summed E-state index contributed by atoms with van der Waals surface area (Å²) in [6.07, 6.45) is 3.14. The highest BCUT2D eigenvalue weighted by molar-refractivity contribution is 7.89. The number of fused-ring (bicyclic) bond motifs is 2. The van der Waals surface area contributed by atoms with E-state index in [1.807, 2.05) is 0 Å². The number of rotatable bonds is 3. The Morgan fingerprint density at radius 3 is 2.74 bits per heavy atom. The van der Waals surface area contributed by atoms with Gasteiger partial charge in [0.2, 0.25) is 10.0 Å². The van der Waals surface area contributed by atoms with Crippen molar-refractivity contribution >= 4 is 10.0 Å². The van der Waals surface area contributed by atoms with E-state index in [-0.39, 0.29) is 18.2 Å². The smallest absolute Gasteiger partial charge is 0.240 e. The number of hydrogen-bond donors (Lipinski definition) is 1. The van der Waals surface area contributed by atoms with Gasteiger partial charge in [-0.05, 0) is 43.0 Å². The predicted molar refractivity (Wildman–Crippen MR) is 83.1 cm³/mol. The van der Waals surface area contributed by atoms with Crippen molar-refractivity contribution in [3.8, 4) is 5.75 Å². The van der Waals surface area contributed by atoms with E-state index in [2.05, 4.69) is 4.72 Å². The van der Waals surface area contributed by atoms with Crippen LogP contribution in [-0.4, -0.2) is 46.5 Å². The van der Waals surface area contributed by atoms with Gasteiger partial charge in [-0.25, -0.2) is 13.1 Å². The molecule has 0 amide bonds. The average Bonchev–Trinajstić information content (AvgIpc) is 3.02. The maximum absolute atomic E-state index is 12.6. The van der Waals surface area contributed by atoms with E-state index in [4.69, 9.17) is 14.2 Å². The molecule has 3 aliphatic rings. The largest absolute Gasteiger partial charge is 0.493 e. The van der Waals surface area contributed by atoms with E-state index >= 15 is 0 Å². The standard InChI is InChI=1S/C16H21NO5S/c18-23(19,13-2-4-14-11(9-13)5-6-20-14)17-12-1-3-15-16(10-12)22-8-7-21-15/h2,4,9,12,15-17H,1,3,5-8,10H2. The highest BCUT2D eigenvalue weighted by Gasteiger charge is 2.36. The number of nitrogens with one attached hydrogen (secondary N) is 1. The lowest BCUT2D eigenvalue weighted by Crippen LogP contribution is -2.49. The van der Waals surface area contributed by atoms with Crippen LogP contribution in [0.2, 0.25) is 0 Å². The Labute approximate surface area is 136 Å². The molecule has 1 aromatic carbocycles. The Morgan fingerprint density at radius 2 is 1.87 bits per heavy atom. The van der Waals surface area contributed by atoms with E-state index in [0.717, 1.165) is 30.6 Å². The third-order valence-electron chi connectivity index (χ3n) is 4.77. The van der Waals surface area contributed by atoms with E-state index in [9.17, 15) is 8.42 Å². The number of benzene rings is 1. The molecular formula is C16H21NO5S. The molecule has 1 aliphatic carbocycles. The maximum atomic E-state index is 12.6. The second kappa shape index (κ2) is 6.05. The molecule has 0 aromatic heterocycles. The van der Waals surface area contributed by atoms with Crippen LogP contribution in [-0.2, 0) is 25.9 Å². The monoisotopic (exact) mass is 339 g/mol. The quantitative estimate of drug-likeness (QED) is 0.897. The zero-order valence-corrected chi connectivity index (χ0v) is 13.7. The molecule has 2 heterocycles. The first-order valence-electron chi connectivity index (χ1n) is 8.13. The molecule has 0 bridgehead atoms. The first-order chi connectivity index (χ1) is 11.1. The summed E-state index contributed by atoms with van der Waals surface area (Å²) in [5, 5.41) is 0. The number of sulfonamides is 1. The van der Waals surface area contributed by atoms with Crippen molar-refractivity contribution in [2.75, 3.05) is 19.8 Å². The predicted octanol–water partition coefficient (Wildman–Crippen LogP) is 1.24. The van der Waals surface area contributed by atoms with Crippen LogP contribution in [0.4, 0.5) is 0 Å². The molecular weight excluding hydrogens is 318 g/mol. The van der Waals surface area contributed by atoms with Crippen LogP contribution in [0.25, 0.3) is 0 Å². The molecule has 0 spiro atoms. The minimum absolute atomic E-state index is 0.00128. The SMILES string of the molecule is O=S(=O)(NC1CCC2OCCOC2C1)c1ccc2c(c1)CCO2. The molecule has 1 N–H and O–H groups in total. The highest BCUT2D eigenvalue weighted by atomic mass is 32.2. The van der Waals surface area contributed by atoms with Crippen molar-refractivity contribution in [2.45, 2.75) is 48.8 Å². The third kappa shape index (κ3) is 3.10. The zero-order chi connectivity index (χ0) is 15.9. The van der Waals surface area contributed by atoms with Gasteiger partial charge in [-0.3, -0.25) is 0 Å². The van der Waals surface area contributed by atoms with Crippen molar-refractivity contribution in [3.05, 3.63) is 23.8 Å². The van der Waals surface area contributed by atoms with Crippen molar-refractivity contribution < 1.29 is 22.6 Å². The lowest BCUT2D eigenvalue weighted by atomic mass is 9.90. The fraction of sp³-hybridized carbons (Fsp3) is 0.625. The molecule has 4 rings (SSSR count). The molecule has 1 saturated carbocycles. The summed E-state index contributed by atoms with van der Waals surface area (Å²) >= 11 is 0. The van der Waals surface area contributed by atoms with Gasteiger partial charge in [0, 0.05) is 12.5 Å². The Balaban J connectivity index is 1.47. The summed E-state index contributed by atoms with van der Waals surface area (Å²) in [4.78, 5) is 0.310. The van der Waals surface area contributed by atoms with Crippen molar-refractivity contribution in [3.63, 3.8) is 0 Å². The minimum Gasteiger partial charge on any atom is -0.493 e. The zero-order valence-electron chi connectivity index (χ0n) is 12.9. The minimum atomic E-state index is -3.52. The van der Waals surface area contributed by atoms with Gasteiger partial charge in [0.15, 0.2) is 0 Å². The Bertz CT molecular complexity index is 690. The fourth-order valence-corrected chi connectivity index (χ4v) is 4.92. The van der Waals surface area contributed by atoms with Crippen LogP contribution in [0.5, 0.6) is 5.75 Å². The van der Waals surface area contributed by atoms with Gasteiger partial charge >= 0.3 is 0 Å². The highest BCUT2D eigenvalue weighted by Crippen LogP contribution is 2.30. The Kier molecular flexibility index (Phi) is 4.05. The van der Waals surface area contributed by atoms with E-state index < -0.39 is 10.0 Å². The molecule has 1 saturated heterocycles. The molecule has 126 valence electrons. The summed E-state index contributed by atoms with van der Waals surface area (Å²) < 4.78 is 44.9. The van der Waals surface area contributed by atoms with Crippen LogP contribution in [0.1, 0.15) is 24.8 Å². The van der Waals surface area contributed by atoms with E-state index in [1.54, 1.807) is 18.2 Å². The summed E-state index contributed by atoms with van der Waals surface area (Å²) in [6.45, 7) is 1.84. The first kappa shape index (κ1) is 15.4. The molecule has 2 aliphatic heterocycles. The second-order valence-electron chi connectivity index (χ2n) is 6.32. The van der Waals surface area contributed by atoms with Gasteiger partial charge in [-0.2, -0.15) is 0 Å². The maximum Gasteiger partial charge on any atom is 0.240 e. The molecule has 7 heteroatoms.